The van der Waals surface area contributed by atoms with E-state index in [0.29, 0.717) is 0 Å². The lowest BCUT2D eigenvalue weighted by Crippen LogP contribution is -2.35. The molecular formula is C8H16NO2. The molecule has 0 saturated carbocycles. The van der Waals surface area contributed by atoms with Crippen LogP contribution in [0.3, 0.4) is 0 Å². The second-order valence-corrected chi connectivity index (χ2v) is 3.34. The second-order valence-electron chi connectivity index (χ2n) is 3.34. The Morgan fingerprint density at radius 1 is 1.09 bits per heavy atom. The number of hydrogen-bond donors (Lipinski definition) is 2. The topological polar surface area (TPSA) is 54.6 Å². The average Bonchev–Trinajstić information content (AvgIpc) is 2.33. The first kappa shape index (κ1) is 8.97. The van der Waals surface area contributed by atoms with Gasteiger partial charge in [0.05, 0.1) is 24.3 Å². The molecule has 0 aromatic heterocycles. The van der Waals surface area contributed by atoms with Gasteiger partial charge in [0.15, 0.2) is 0 Å². The Labute approximate surface area is 67.4 Å². The van der Waals surface area contributed by atoms with Crippen LogP contribution in [0.25, 0.3) is 0 Å². The molecule has 0 amide bonds. The van der Waals surface area contributed by atoms with Gasteiger partial charge in [0, 0.05) is 0 Å². The minimum absolute atomic E-state index is 0.0506. The molecule has 2 N–H and O–H groups in total. The third-order valence-corrected chi connectivity index (χ3v) is 2.25. The van der Waals surface area contributed by atoms with Gasteiger partial charge >= 0.3 is 0 Å². The highest BCUT2D eigenvalue weighted by Gasteiger charge is 2.30. The van der Waals surface area contributed by atoms with E-state index in [0.717, 1.165) is 12.8 Å². The Hall–Kier alpha value is -0.120. The molecule has 1 saturated heterocycles. The van der Waals surface area contributed by atoms with Crippen molar-refractivity contribution in [2.45, 2.75) is 51.0 Å². The van der Waals surface area contributed by atoms with Crippen LogP contribution in [-0.4, -0.2) is 34.5 Å². The Morgan fingerprint density at radius 2 is 1.45 bits per heavy atom. The maximum atomic E-state index is 9.18. The molecule has 3 nitrogen and oxygen atoms in total. The summed E-state index contributed by atoms with van der Waals surface area (Å²) in [5.41, 5.74) is 0. The molecule has 4 unspecified atom stereocenters. The molecule has 1 rings (SSSR count). The Bertz CT molecular complexity index is 111. The van der Waals surface area contributed by atoms with E-state index in [4.69, 9.17) is 0 Å². The standard InChI is InChI=1S/C8H16NO2/c1-5(10)7-3-4-8(9-7)6(2)11/h5-8,10-11H,3-4H2,1-2H3. The van der Waals surface area contributed by atoms with Gasteiger partial charge in [0.1, 0.15) is 0 Å². The van der Waals surface area contributed by atoms with Gasteiger partial charge in [-0.1, -0.05) is 0 Å². The Morgan fingerprint density at radius 3 is 1.64 bits per heavy atom. The van der Waals surface area contributed by atoms with Gasteiger partial charge < -0.3 is 10.2 Å². The van der Waals surface area contributed by atoms with Crippen LogP contribution in [0.15, 0.2) is 0 Å². The molecule has 1 heterocycles. The zero-order valence-electron chi connectivity index (χ0n) is 7.07. The third kappa shape index (κ3) is 2.15. The fourth-order valence-corrected chi connectivity index (χ4v) is 1.47. The number of hydrogen-bond acceptors (Lipinski definition) is 2. The van der Waals surface area contributed by atoms with E-state index >= 15 is 0 Å². The molecule has 1 aliphatic rings. The molecule has 0 aromatic rings. The summed E-state index contributed by atoms with van der Waals surface area (Å²) >= 11 is 0. The summed E-state index contributed by atoms with van der Waals surface area (Å²) < 4.78 is 0. The summed E-state index contributed by atoms with van der Waals surface area (Å²) in [4.78, 5) is 0. The predicted molar refractivity (Wildman–Crippen MR) is 42.3 cm³/mol. The lowest BCUT2D eigenvalue weighted by Gasteiger charge is -2.15. The molecular weight excluding hydrogens is 142 g/mol. The van der Waals surface area contributed by atoms with Gasteiger partial charge in [-0.25, -0.2) is 5.32 Å². The van der Waals surface area contributed by atoms with E-state index in [2.05, 4.69) is 5.32 Å². The van der Waals surface area contributed by atoms with Crippen molar-refractivity contribution >= 4 is 0 Å². The van der Waals surface area contributed by atoms with Gasteiger partial charge in [0.25, 0.3) is 0 Å². The van der Waals surface area contributed by atoms with E-state index in [1.165, 1.54) is 0 Å². The first-order valence-electron chi connectivity index (χ1n) is 4.17. The van der Waals surface area contributed by atoms with Crippen molar-refractivity contribution < 1.29 is 10.2 Å². The minimum Gasteiger partial charge on any atom is -0.392 e. The molecule has 4 atom stereocenters. The smallest absolute Gasteiger partial charge is 0.0681 e. The molecule has 0 aliphatic carbocycles. The number of rotatable bonds is 2. The molecule has 3 heteroatoms. The molecule has 1 radical (unpaired) electrons. The van der Waals surface area contributed by atoms with Crippen molar-refractivity contribution in [1.29, 1.82) is 0 Å². The fourth-order valence-electron chi connectivity index (χ4n) is 1.47. The van der Waals surface area contributed by atoms with Gasteiger partial charge in [-0.15, -0.1) is 0 Å². The van der Waals surface area contributed by atoms with E-state index in [1.54, 1.807) is 13.8 Å². The summed E-state index contributed by atoms with van der Waals surface area (Å²) in [5, 5.41) is 22.6. The van der Waals surface area contributed by atoms with Gasteiger partial charge in [-0.2, -0.15) is 0 Å². The van der Waals surface area contributed by atoms with Crippen LogP contribution in [0.1, 0.15) is 26.7 Å². The second kappa shape index (κ2) is 3.52. The van der Waals surface area contributed by atoms with Crippen LogP contribution in [-0.2, 0) is 0 Å². The van der Waals surface area contributed by atoms with Crippen molar-refractivity contribution in [1.82, 2.24) is 5.32 Å². The van der Waals surface area contributed by atoms with E-state index in [1.807, 2.05) is 0 Å². The lowest BCUT2D eigenvalue weighted by atomic mass is 10.1. The van der Waals surface area contributed by atoms with Gasteiger partial charge in [0.2, 0.25) is 0 Å². The highest BCUT2D eigenvalue weighted by atomic mass is 16.3. The Kier molecular flexibility index (Phi) is 2.87. The average molecular weight is 158 g/mol. The first-order chi connectivity index (χ1) is 5.11. The SMILES string of the molecule is CC(O)C1CCC(C(C)O)[N]1. The summed E-state index contributed by atoms with van der Waals surface area (Å²) in [5.74, 6) is 0. The first-order valence-corrected chi connectivity index (χ1v) is 4.17. The lowest BCUT2D eigenvalue weighted by molar-refractivity contribution is 0.125. The van der Waals surface area contributed by atoms with Crippen LogP contribution in [0.5, 0.6) is 0 Å². The van der Waals surface area contributed by atoms with Gasteiger partial charge in [-0.05, 0) is 26.7 Å². The highest BCUT2D eigenvalue weighted by Crippen LogP contribution is 2.19. The quantitative estimate of drug-likeness (QED) is 0.589. The number of aliphatic hydroxyl groups excluding tert-OH is 2. The van der Waals surface area contributed by atoms with Crippen LogP contribution in [0, 0.1) is 0 Å². The molecule has 1 aliphatic heterocycles. The number of aliphatic hydroxyl groups is 2. The summed E-state index contributed by atoms with van der Waals surface area (Å²) in [6, 6.07) is 0.101. The summed E-state index contributed by atoms with van der Waals surface area (Å²) in [6.45, 7) is 3.50. The predicted octanol–water partition coefficient (Wildman–Crippen LogP) is -0.117. The summed E-state index contributed by atoms with van der Waals surface area (Å²) in [6.07, 6.45) is 1.10. The van der Waals surface area contributed by atoms with Crippen molar-refractivity contribution in [3.63, 3.8) is 0 Å². The largest absolute Gasteiger partial charge is 0.392 e. The van der Waals surface area contributed by atoms with E-state index in [9.17, 15) is 10.2 Å². The van der Waals surface area contributed by atoms with Crippen LogP contribution in [0.4, 0.5) is 0 Å². The Balaban J connectivity index is 2.35. The third-order valence-electron chi connectivity index (χ3n) is 2.25. The molecule has 1 fully saturated rings. The molecule has 0 spiro atoms. The van der Waals surface area contributed by atoms with Crippen molar-refractivity contribution in [2.24, 2.45) is 0 Å². The van der Waals surface area contributed by atoms with Crippen molar-refractivity contribution in [3.8, 4) is 0 Å². The van der Waals surface area contributed by atoms with E-state index < -0.39 is 0 Å². The highest BCUT2D eigenvalue weighted by molar-refractivity contribution is 4.88. The maximum absolute atomic E-state index is 9.18. The molecule has 0 aromatic carbocycles. The minimum atomic E-state index is -0.362. The molecule has 11 heavy (non-hydrogen) atoms. The number of nitrogens with zero attached hydrogens (tertiary/aromatic N) is 1. The van der Waals surface area contributed by atoms with Crippen molar-refractivity contribution in [2.75, 3.05) is 0 Å². The zero-order valence-corrected chi connectivity index (χ0v) is 7.07. The van der Waals surface area contributed by atoms with Crippen molar-refractivity contribution in [3.05, 3.63) is 0 Å². The molecule has 0 bridgehead atoms. The maximum Gasteiger partial charge on any atom is 0.0681 e. The normalized spacial score (nSPS) is 37.1. The monoisotopic (exact) mass is 158 g/mol. The van der Waals surface area contributed by atoms with Crippen LogP contribution < -0.4 is 5.32 Å². The fraction of sp³-hybridized carbons (Fsp3) is 1.00. The van der Waals surface area contributed by atoms with Gasteiger partial charge in [-0.3, -0.25) is 0 Å². The zero-order chi connectivity index (χ0) is 8.43. The van der Waals surface area contributed by atoms with E-state index in [-0.39, 0.29) is 24.3 Å². The molecule has 65 valence electrons. The summed E-state index contributed by atoms with van der Waals surface area (Å²) in [7, 11) is 0. The van der Waals surface area contributed by atoms with Crippen LogP contribution in [0.2, 0.25) is 0 Å². The van der Waals surface area contributed by atoms with Crippen LogP contribution >= 0.6 is 0 Å².